The molecule has 1 aliphatic rings. The summed E-state index contributed by atoms with van der Waals surface area (Å²) in [5.74, 6) is -0.726. The number of alkyl halides is 3. The van der Waals surface area contributed by atoms with Crippen LogP contribution in [-0.4, -0.2) is 50.0 Å². The van der Waals surface area contributed by atoms with E-state index < -0.39 is 12.1 Å². The molecule has 0 fully saturated rings. The lowest BCUT2D eigenvalue weighted by Crippen LogP contribution is -2.37. The van der Waals surface area contributed by atoms with Crippen molar-refractivity contribution in [1.82, 2.24) is 19.6 Å². The van der Waals surface area contributed by atoms with Crippen LogP contribution in [0, 0.1) is 13.8 Å². The van der Waals surface area contributed by atoms with Crippen molar-refractivity contribution in [2.45, 2.75) is 59.6 Å². The smallest absolute Gasteiger partial charge is 0.475 e. The van der Waals surface area contributed by atoms with Crippen LogP contribution in [0.5, 0.6) is 0 Å². The van der Waals surface area contributed by atoms with E-state index in [0.29, 0.717) is 6.61 Å². The van der Waals surface area contributed by atoms with Crippen LogP contribution >= 0.6 is 0 Å². The van der Waals surface area contributed by atoms with Crippen molar-refractivity contribution >= 4 is 5.97 Å². The van der Waals surface area contributed by atoms with Crippen molar-refractivity contribution in [3.63, 3.8) is 0 Å². The Morgan fingerprint density at radius 2 is 2.03 bits per heavy atom. The fraction of sp³-hybridized carbons (Fsp3) is 0.611. The van der Waals surface area contributed by atoms with E-state index in [9.17, 15) is 13.2 Å². The first kappa shape index (κ1) is 22.9. The summed E-state index contributed by atoms with van der Waals surface area (Å²) in [6, 6.07) is 0.276. The molecule has 3 heterocycles. The Morgan fingerprint density at radius 1 is 1.38 bits per heavy atom. The summed E-state index contributed by atoms with van der Waals surface area (Å²) >= 11 is 0. The van der Waals surface area contributed by atoms with Gasteiger partial charge in [0.05, 0.1) is 30.2 Å². The van der Waals surface area contributed by atoms with Gasteiger partial charge in [0, 0.05) is 31.8 Å². The van der Waals surface area contributed by atoms with E-state index in [2.05, 4.69) is 26.5 Å². The van der Waals surface area contributed by atoms with Gasteiger partial charge in [0.25, 0.3) is 0 Å². The zero-order chi connectivity index (χ0) is 21.8. The van der Waals surface area contributed by atoms with Crippen molar-refractivity contribution in [2.24, 2.45) is 0 Å². The number of carboxylic acids is 1. The zero-order valence-electron chi connectivity index (χ0n) is 16.8. The van der Waals surface area contributed by atoms with E-state index in [-0.39, 0.29) is 6.04 Å². The third-order valence-electron chi connectivity index (χ3n) is 4.74. The second-order valence-corrected chi connectivity index (χ2v) is 6.65. The summed E-state index contributed by atoms with van der Waals surface area (Å²) in [5, 5.41) is 11.2. The third-order valence-corrected chi connectivity index (χ3v) is 4.74. The number of carbonyl (C=O) groups is 1. The maximum Gasteiger partial charge on any atom is 0.490 e. The number of fused-ring (bicyclic) bond motifs is 1. The summed E-state index contributed by atoms with van der Waals surface area (Å²) in [7, 11) is 0. The van der Waals surface area contributed by atoms with Gasteiger partial charge in [0.15, 0.2) is 0 Å². The number of carboxylic acid groups (broad SMARTS) is 1. The molecule has 0 spiro atoms. The van der Waals surface area contributed by atoms with E-state index in [1.54, 1.807) is 0 Å². The predicted molar refractivity (Wildman–Crippen MR) is 96.0 cm³/mol. The van der Waals surface area contributed by atoms with Crippen LogP contribution in [0.15, 0.2) is 10.7 Å². The normalized spacial score (nSPS) is 16.9. The molecule has 0 saturated heterocycles. The molecule has 2 aromatic heterocycles. The Labute approximate surface area is 166 Å². The van der Waals surface area contributed by atoms with Crippen molar-refractivity contribution in [2.75, 3.05) is 13.2 Å². The maximum atomic E-state index is 10.6. The lowest BCUT2D eigenvalue weighted by Gasteiger charge is -2.34. The highest BCUT2D eigenvalue weighted by atomic mass is 19.4. The van der Waals surface area contributed by atoms with Crippen LogP contribution in [0.3, 0.4) is 0 Å². The molecule has 1 N–H and O–H groups in total. The third kappa shape index (κ3) is 5.57. The molecule has 0 bridgehead atoms. The highest BCUT2D eigenvalue weighted by molar-refractivity contribution is 5.73. The van der Waals surface area contributed by atoms with Crippen molar-refractivity contribution in [3.8, 4) is 0 Å². The lowest BCUT2D eigenvalue weighted by molar-refractivity contribution is -0.192. The van der Waals surface area contributed by atoms with Gasteiger partial charge in [-0.15, -0.1) is 0 Å². The molecule has 162 valence electrons. The predicted octanol–water partition coefficient (Wildman–Crippen LogP) is 3.23. The average molecular weight is 418 g/mol. The summed E-state index contributed by atoms with van der Waals surface area (Å²) in [4.78, 5) is 15.9. The molecule has 0 amide bonds. The van der Waals surface area contributed by atoms with Gasteiger partial charge in [0.1, 0.15) is 11.6 Å². The molecule has 0 aromatic carbocycles. The average Bonchev–Trinajstić information content (AvgIpc) is 3.20. The van der Waals surface area contributed by atoms with Gasteiger partial charge in [-0.3, -0.25) is 4.90 Å². The lowest BCUT2D eigenvalue weighted by atomic mass is 10.1. The van der Waals surface area contributed by atoms with Gasteiger partial charge in [0.2, 0.25) is 0 Å². The first-order valence-electron chi connectivity index (χ1n) is 9.14. The second kappa shape index (κ2) is 9.40. The van der Waals surface area contributed by atoms with Crippen LogP contribution in [0.1, 0.15) is 48.4 Å². The van der Waals surface area contributed by atoms with Crippen LogP contribution in [0.25, 0.3) is 0 Å². The van der Waals surface area contributed by atoms with E-state index in [1.165, 1.54) is 11.3 Å². The number of nitrogens with zero attached hydrogens (tertiary/aromatic N) is 4. The molecular formula is C18H25F3N4O4. The van der Waals surface area contributed by atoms with E-state index >= 15 is 0 Å². The quantitative estimate of drug-likeness (QED) is 0.797. The number of aryl methyl sites for hydroxylation is 2. The molecule has 1 aliphatic heterocycles. The minimum Gasteiger partial charge on any atom is -0.475 e. The number of aromatic nitrogens is 3. The Bertz CT molecular complexity index is 812. The highest BCUT2D eigenvalue weighted by Crippen LogP contribution is 2.28. The Morgan fingerprint density at radius 3 is 2.55 bits per heavy atom. The van der Waals surface area contributed by atoms with Crippen molar-refractivity contribution < 1.29 is 32.3 Å². The van der Waals surface area contributed by atoms with Gasteiger partial charge in [-0.25, -0.2) is 9.78 Å². The SMILES string of the molecule is CCOCc1cnc2n1CCN(Cc1c(C)noc1C)C2C.O=C(O)C(F)(F)F. The molecule has 2 aromatic rings. The van der Waals surface area contributed by atoms with Gasteiger partial charge in [-0.05, 0) is 27.7 Å². The Kier molecular flexibility index (Phi) is 7.42. The zero-order valence-corrected chi connectivity index (χ0v) is 16.8. The standard InChI is InChI=1S/C16H24N4O2.C2HF3O2/c1-5-21-10-14-8-17-16-12(3)19(6-7-20(14)16)9-15-11(2)18-22-13(15)4;3-2(4,5)1(6)7/h8,12H,5-7,9-10H2,1-4H3;(H,6,7). The molecule has 1 unspecified atom stereocenters. The van der Waals surface area contributed by atoms with Gasteiger partial charge in [-0.1, -0.05) is 5.16 Å². The van der Waals surface area contributed by atoms with Gasteiger partial charge in [-0.2, -0.15) is 13.2 Å². The minimum absolute atomic E-state index is 0.276. The molecule has 1 atom stereocenters. The molecule has 0 radical (unpaired) electrons. The maximum absolute atomic E-state index is 10.6. The summed E-state index contributed by atoms with van der Waals surface area (Å²) in [6.07, 6.45) is -3.14. The minimum atomic E-state index is -5.08. The fourth-order valence-corrected chi connectivity index (χ4v) is 3.07. The number of halogens is 3. The Hall–Kier alpha value is -2.40. The number of hydrogen-bond donors (Lipinski definition) is 1. The van der Waals surface area contributed by atoms with E-state index in [1.807, 2.05) is 27.0 Å². The molecule has 3 rings (SSSR count). The number of ether oxygens (including phenoxy) is 1. The molecule has 8 nitrogen and oxygen atoms in total. The van der Waals surface area contributed by atoms with Crippen LogP contribution in [0.4, 0.5) is 13.2 Å². The van der Waals surface area contributed by atoms with Crippen LogP contribution in [-0.2, 0) is 29.2 Å². The highest BCUT2D eigenvalue weighted by Gasteiger charge is 2.38. The molecule has 0 saturated carbocycles. The van der Waals surface area contributed by atoms with Gasteiger partial charge >= 0.3 is 12.1 Å². The monoisotopic (exact) mass is 418 g/mol. The number of hydrogen-bond acceptors (Lipinski definition) is 6. The topological polar surface area (TPSA) is 93.6 Å². The first-order valence-corrected chi connectivity index (χ1v) is 9.14. The molecule has 0 aliphatic carbocycles. The van der Waals surface area contributed by atoms with Crippen LogP contribution in [0.2, 0.25) is 0 Å². The molecule has 29 heavy (non-hydrogen) atoms. The summed E-state index contributed by atoms with van der Waals surface area (Å²) in [5.41, 5.74) is 3.35. The summed E-state index contributed by atoms with van der Waals surface area (Å²) < 4.78 is 44.8. The van der Waals surface area contributed by atoms with E-state index in [0.717, 1.165) is 43.5 Å². The van der Waals surface area contributed by atoms with E-state index in [4.69, 9.17) is 19.2 Å². The van der Waals surface area contributed by atoms with Crippen molar-refractivity contribution in [3.05, 3.63) is 34.7 Å². The summed E-state index contributed by atoms with van der Waals surface area (Å²) in [6.45, 7) is 12.4. The van der Waals surface area contributed by atoms with Crippen LogP contribution < -0.4 is 0 Å². The van der Waals surface area contributed by atoms with Gasteiger partial charge < -0.3 is 18.9 Å². The fourth-order valence-electron chi connectivity index (χ4n) is 3.07. The van der Waals surface area contributed by atoms with Crippen molar-refractivity contribution in [1.29, 1.82) is 0 Å². The number of rotatable bonds is 5. The number of imidazole rings is 1. The molecule has 11 heteroatoms. The Balaban J connectivity index is 0.000000370. The first-order chi connectivity index (χ1) is 13.6. The molecular weight excluding hydrogens is 393 g/mol. The largest absolute Gasteiger partial charge is 0.490 e. The number of aliphatic carboxylic acids is 1. The second-order valence-electron chi connectivity index (χ2n) is 6.65.